The zero-order valence-corrected chi connectivity index (χ0v) is 22.7. The van der Waals surface area contributed by atoms with Crippen LogP contribution in [0, 0.1) is 13.8 Å². The maximum Gasteiger partial charge on any atom is 0.349 e. The molecule has 0 aliphatic carbocycles. The molecule has 1 N–H and O–H groups in total. The molecular weight excluding hydrogens is 482 g/mol. The second kappa shape index (κ2) is 11.3. The van der Waals surface area contributed by atoms with E-state index in [2.05, 4.69) is 32.0 Å². The number of aryl methyl sites for hydroxylation is 2. The Bertz CT molecular complexity index is 1520. The van der Waals surface area contributed by atoms with E-state index in [-0.39, 0.29) is 17.5 Å². The van der Waals surface area contributed by atoms with Gasteiger partial charge in [-0.1, -0.05) is 30.3 Å². The summed E-state index contributed by atoms with van der Waals surface area (Å²) in [6.07, 6.45) is 0.969. The Morgan fingerprint density at radius 1 is 1.03 bits per heavy atom. The van der Waals surface area contributed by atoms with E-state index >= 15 is 0 Å². The van der Waals surface area contributed by atoms with E-state index in [1.165, 1.54) is 0 Å². The highest BCUT2D eigenvalue weighted by Gasteiger charge is 2.20. The fraction of sp³-hybridized carbons (Fsp3) is 0.414. The second-order valence-corrected chi connectivity index (χ2v) is 10.7. The van der Waals surface area contributed by atoms with Crippen LogP contribution in [-0.2, 0) is 22.6 Å². The third kappa shape index (κ3) is 6.72. The van der Waals surface area contributed by atoms with Crippen LogP contribution >= 0.6 is 0 Å². The van der Waals surface area contributed by atoms with Crippen LogP contribution in [-0.4, -0.2) is 49.1 Å². The Morgan fingerprint density at radius 2 is 1.74 bits per heavy atom. The molecule has 0 saturated carbocycles. The predicted octanol–water partition coefficient (Wildman–Crippen LogP) is 3.83. The number of aromatic nitrogens is 4. The Morgan fingerprint density at radius 3 is 2.45 bits per heavy atom. The smallest absolute Gasteiger partial charge is 0.349 e. The molecule has 0 fully saturated rings. The molecule has 200 valence electrons. The predicted molar refractivity (Wildman–Crippen MR) is 147 cm³/mol. The van der Waals surface area contributed by atoms with Gasteiger partial charge >= 0.3 is 11.7 Å². The number of carbonyl (C=O) groups is 1. The van der Waals surface area contributed by atoms with Gasteiger partial charge in [0.15, 0.2) is 11.5 Å². The average Bonchev–Trinajstić information content (AvgIpc) is 2.82. The number of ether oxygens (including phenoxy) is 1. The largest absolute Gasteiger partial charge is 0.460 e. The first-order chi connectivity index (χ1) is 18.0. The Balaban J connectivity index is 1.63. The summed E-state index contributed by atoms with van der Waals surface area (Å²) in [7, 11) is 0. The van der Waals surface area contributed by atoms with Gasteiger partial charge in [-0.05, 0) is 76.4 Å². The zero-order chi connectivity index (χ0) is 27.4. The minimum atomic E-state index is -0.695. The van der Waals surface area contributed by atoms with Crippen molar-refractivity contribution in [3.63, 3.8) is 0 Å². The van der Waals surface area contributed by atoms with Crippen LogP contribution in [0.2, 0.25) is 0 Å². The molecule has 0 aromatic heterocycles. The lowest BCUT2D eigenvalue weighted by molar-refractivity contribution is -0.155. The van der Waals surface area contributed by atoms with Crippen molar-refractivity contribution < 1.29 is 9.53 Å². The van der Waals surface area contributed by atoms with Crippen LogP contribution in [0.15, 0.2) is 52.1 Å². The van der Waals surface area contributed by atoms with Gasteiger partial charge < -0.3 is 9.30 Å². The fourth-order valence-corrected chi connectivity index (χ4v) is 4.47. The van der Waals surface area contributed by atoms with Crippen molar-refractivity contribution in [1.82, 2.24) is 24.4 Å². The highest BCUT2D eigenvalue weighted by Crippen LogP contribution is 2.24. The van der Waals surface area contributed by atoms with Crippen LogP contribution in [0.3, 0.4) is 0 Å². The topological polar surface area (TPSA) is 110 Å². The van der Waals surface area contributed by atoms with Gasteiger partial charge in [0.05, 0.1) is 11.0 Å². The number of hydrogen-bond acceptors (Lipinski definition) is 7. The van der Waals surface area contributed by atoms with Crippen molar-refractivity contribution in [3.05, 3.63) is 80.0 Å². The highest BCUT2D eigenvalue weighted by atomic mass is 16.6. The summed E-state index contributed by atoms with van der Waals surface area (Å²) in [4.78, 5) is 50.2. The van der Waals surface area contributed by atoms with Crippen LogP contribution in [0.25, 0.3) is 22.6 Å². The van der Waals surface area contributed by atoms with E-state index in [4.69, 9.17) is 4.74 Å². The first-order valence-corrected chi connectivity index (χ1v) is 12.9. The lowest BCUT2D eigenvalue weighted by atomic mass is 10.1. The molecule has 0 bridgehead atoms. The van der Waals surface area contributed by atoms with E-state index in [1.807, 2.05) is 69.5 Å². The summed E-state index contributed by atoms with van der Waals surface area (Å²) in [6.45, 7) is 12.1. The quantitative estimate of drug-likeness (QED) is 0.265. The molecule has 38 heavy (non-hydrogen) atoms. The summed E-state index contributed by atoms with van der Waals surface area (Å²) < 4.78 is 7.38. The summed E-state index contributed by atoms with van der Waals surface area (Å²) in [5.74, 6) is 0.0535. The molecule has 0 atom stereocenters. The standard InChI is InChI=1S/C29H35N5O4/c1-19-16-22-23(17-20(19)2)34(26-25(30-22)27(36)32-28(37)31-26)15-14-33(18-21-10-7-6-8-11-21)13-9-12-24(35)38-29(3,4)5/h6-8,10-11,16-17H,9,12-15,18H2,1-5H3,(H,32,36,37). The molecule has 2 heterocycles. The molecule has 0 saturated heterocycles. The van der Waals surface area contributed by atoms with Crippen molar-refractivity contribution in [3.8, 4) is 11.5 Å². The number of esters is 1. The number of benzene rings is 2. The van der Waals surface area contributed by atoms with Crippen molar-refractivity contribution in [2.75, 3.05) is 13.1 Å². The molecule has 2 aromatic carbocycles. The number of nitrogens with one attached hydrogen (secondary N) is 1. The SMILES string of the molecule is Cc1cc2nc3c(=O)[nH]c(=O)nc-3n(CCN(CCCC(=O)OC(C)(C)C)Cc3ccccc3)c2cc1C. The molecule has 0 radical (unpaired) electrons. The first-order valence-electron chi connectivity index (χ1n) is 12.9. The third-order valence-corrected chi connectivity index (χ3v) is 6.39. The lowest BCUT2D eigenvalue weighted by Gasteiger charge is -2.25. The molecule has 2 aromatic rings. The van der Waals surface area contributed by atoms with Crippen LogP contribution in [0.5, 0.6) is 0 Å². The van der Waals surface area contributed by atoms with Crippen molar-refractivity contribution >= 4 is 17.0 Å². The fourth-order valence-electron chi connectivity index (χ4n) is 4.47. The summed E-state index contributed by atoms with van der Waals surface area (Å²) in [5.41, 5.74) is 3.17. The van der Waals surface area contributed by atoms with Gasteiger partial charge in [0.25, 0.3) is 5.56 Å². The second-order valence-electron chi connectivity index (χ2n) is 10.7. The number of carbonyl (C=O) groups excluding carboxylic acids is 1. The van der Waals surface area contributed by atoms with Gasteiger partial charge in [-0.25, -0.2) is 9.78 Å². The molecular formula is C29H35N5O4. The summed E-state index contributed by atoms with van der Waals surface area (Å²) in [6, 6.07) is 14.1. The van der Waals surface area contributed by atoms with Crippen LogP contribution in [0.4, 0.5) is 0 Å². The number of aromatic amines is 1. The maximum atomic E-state index is 12.6. The third-order valence-electron chi connectivity index (χ3n) is 6.39. The van der Waals surface area contributed by atoms with Gasteiger partial charge in [-0.15, -0.1) is 0 Å². The maximum absolute atomic E-state index is 12.6. The van der Waals surface area contributed by atoms with E-state index in [1.54, 1.807) is 0 Å². The number of rotatable bonds is 9. The molecule has 9 heteroatoms. The normalized spacial score (nSPS) is 11.9. The summed E-state index contributed by atoms with van der Waals surface area (Å²) >= 11 is 0. The molecule has 2 aliphatic rings. The van der Waals surface area contributed by atoms with Crippen molar-refractivity contribution in [2.24, 2.45) is 0 Å². The van der Waals surface area contributed by atoms with E-state index < -0.39 is 16.9 Å². The number of hydrogen-bond donors (Lipinski definition) is 1. The van der Waals surface area contributed by atoms with Gasteiger partial charge in [-0.2, -0.15) is 4.98 Å². The minimum Gasteiger partial charge on any atom is -0.460 e. The van der Waals surface area contributed by atoms with Gasteiger partial charge in [-0.3, -0.25) is 19.5 Å². The molecule has 0 unspecified atom stereocenters. The number of fused-ring (bicyclic) bond motifs is 2. The Hall–Kier alpha value is -3.85. The van der Waals surface area contributed by atoms with E-state index in [9.17, 15) is 14.4 Å². The van der Waals surface area contributed by atoms with Gasteiger partial charge in [0.2, 0.25) is 0 Å². The minimum absolute atomic E-state index is 0.139. The Labute approximate surface area is 221 Å². The van der Waals surface area contributed by atoms with Crippen LogP contribution < -0.4 is 11.2 Å². The molecule has 2 aliphatic heterocycles. The molecule has 4 rings (SSSR count). The zero-order valence-electron chi connectivity index (χ0n) is 22.7. The van der Waals surface area contributed by atoms with Crippen molar-refractivity contribution in [2.45, 2.75) is 66.2 Å². The average molecular weight is 518 g/mol. The van der Waals surface area contributed by atoms with Crippen molar-refractivity contribution in [1.29, 1.82) is 0 Å². The van der Waals surface area contributed by atoms with E-state index in [0.29, 0.717) is 44.5 Å². The summed E-state index contributed by atoms with van der Waals surface area (Å²) in [5, 5.41) is 0. The van der Waals surface area contributed by atoms with Gasteiger partial charge in [0.1, 0.15) is 5.60 Å². The molecule has 0 amide bonds. The first kappa shape index (κ1) is 27.2. The Kier molecular flexibility index (Phi) is 8.06. The number of H-pyrrole nitrogens is 1. The molecule has 9 nitrogen and oxygen atoms in total. The van der Waals surface area contributed by atoms with E-state index in [0.717, 1.165) is 22.2 Å². The molecule has 0 spiro atoms. The van der Waals surface area contributed by atoms with Crippen LogP contribution in [0.1, 0.15) is 50.3 Å². The highest BCUT2D eigenvalue weighted by molar-refractivity contribution is 5.81. The monoisotopic (exact) mass is 517 g/mol. The number of nitrogens with zero attached hydrogens (tertiary/aromatic N) is 4. The lowest BCUT2D eigenvalue weighted by Crippen LogP contribution is -2.32. The van der Waals surface area contributed by atoms with Gasteiger partial charge in [0, 0.05) is 26.1 Å².